The van der Waals surface area contributed by atoms with Gasteiger partial charge in [-0.05, 0) is 24.6 Å². The summed E-state index contributed by atoms with van der Waals surface area (Å²) < 4.78 is 6.81. The van der Waals surface area contributed by atoms with Crippen LogP contribution in [-0.4, -0.2) is 28.6 Å². The molecule has 2 aromatic rings. The first-order chi connectivity index (χ1) is 10.7. The highest BCUT2D eigenvalue weighted by Gasteiger charge is 2.04. The van der Waals surface area contributed by atoms with Crippen molar-refractivity contribution in [1.29, 1.82) is 0 Å². The first kappa shape index (κ1) is 15.8. The molecule has 0 saturated carbocycles. The number of nitrogens with one attached hydrogen (secondary N) is 1. The Hall–Kier alpha value is -2.63. The predicted octanol–water partition coefficient (Wildman–Crippen LogP) is 1.00. The molecule has 0 radical (unpaired) electrons. The van der Waals surface area contributed by atoms with Gasteiger partial charge in [-0.2, -0.15) is 0 Å². The van der Waals surface area contributed by atoms with Gasteiger partial charge in [-0.1, -0.05) is 12.1 Å². The average Bonchev–Trinajstić information content (AvgIpc) is 2.51. The van der Waals surface area contributed by atoms with Crippen molar-refractivity contribution in [2.45, 2.75) is 19.9 Å². The first-order valence-electron chi connectivity index (χ1n) is 7.18. The van der Waals surface area contributed by atoms with E-state index in [4.69, 9.17) is 4.74 Å². The Morgan fingerprint density at radius 3 is 2.73 bits per heavy atom. The Morgan fingerprint density at radius 2 is 2.05 bits per heavy atom. The van der Waals surface area contributed by atoms with Crippen LogP contribution >= 0.6 is 0 Å². The largest absolute Gasteiger partial charge is 0.494 e. The molecule has 0 spiro atoms. The molecule has 1 heterocycles. The third-order valence-electron chi connectivity index (χ3n) is 3.07. The minimum absolute atomic E-state index is 0.0823. The molecule has 1 N–H and O–H groups in total. The second-order valence-corrected chi connectivity index (χ2v) is 4.72. The van der Waals surface area contributed by atoms with E-state index in [1.54, 1.807) is 0 Å². The van der Waals surface area contributed by atoms with E-state index in [9.17, 15) is 9.59 Å². The van der Waals surface area contributed by atoms with Gasteiger partial charge in [0.05, 0.1) is 19.4 Å². The lowest BCUT2D eigenvalue weighted by atomic mass is 10.1. The number of carbonyl (C=O) groups excluding carboxylic acids is 1. The highest BCUT2D eigenvalue weighted by molar-refractivity contribution is 5.78. The van der Waals surface area contributed by atoms with Gasteiger partial charge in [0.1, 0.15) is 5.75 Å². The van der Waals surface area contributed by atoms with Gasteiger partial charge in [0.2, 0.25) is 5.91 Å². The monoisotopic (exact) mass is 301 g/mol. The van der Waals surface area contributed by atoms with Gasteiger partial charge in [-0.15, -0.1) is 0 Å². The van der Waals surface area contributed by atoms with E-state index < -0.39 is 0 Å². The maximum absolute atomic E-state index is 11.9. The van der Waals surface area contributed by atoms with Crippen LogP contribution in [0.5, 0.6) is 5.75 Å². The van der Waals surface area contributed by atoms with Gasteiger partial charge in [-0.25, -0.2) is 4.98 Å². The molecule has 0 fully saturated rings. The summed E-state index contributed by atoms with van der Waals surface area (Å²) in [5.74, 6) is 0.712. The van der Waals surface area contributed by atoms with Crippen molar-refractivity contribution in [3.05, 3.63) is 58.8 Å². The summed E-state index contributed by atoms with van der Waals surface area (Å²) in [5, 5.41) is 2.79. The quantitative estimate of drug-likeness (QED) is 0.828. The normalized spacial score (nSPS) is 10.2. The molecule has 0 saturated heterocycles. The Bertz CT molecular complexity index is 665. The minimum atomic E-state index is -0.129. The molecule has 6 heteroatoms. The van der Waals surface area contributed by atoms with Crippen molar-refractivity contribution in [2.24, 2.45) is 0 Å². The fourth-order valence-corrected chi connectivity index (χ4v) is 1.98. The van der Waals surface area contributed by atoms with Crippen LogP contribution in [0.4, 0.5) is 0 Å². The van der Waals surface area contributed by atoms with Crippen LogP contribution in [-0.2, 0) is 17.8 Å². The van der Waals surface area contributed by atoms with E-state index in [-0.39, 0.29) is 11.5 Å². The van der Waals surface area contributed by atoms with Crippen LogP contribution in [0.3, 0.4) is 0 Å². The summed E-state index contributed by atoms with van der Waals surface area (Å²) in [6, 6.07) is 8.83. The van der Waals surface area contributed by atoms with Crippen LogP contribution in [0, 0.1) is 0 Å². The number of ether oxygens (including phenoxy) is 1. The summed E-state index contributed by atoms with van der Waals surface area (Å²) in [4.78, 5) is 27.2. The minimum Gasteiger partial charge on any atom is -0.494 e. The number of nitrogens with zero attached hydrogens (tertiary/aromatic N) is 2. The van der Waals surface area contributed by atoms with Gasteiger partial charge in [0.25, 0.3) is 5.56 Å². The summed E-state index contributed by atoms with van der Waals surface area (Å²) in [5.41, 5.74) is 0.787. The third-order valence-corrected chi connectivity index (χ3v) is 3.07. The van der Waals surface area contributed by atoms with Crippen molar-refractivity contribution in [2.75, 3.05) is 13.2 Å². The number of rotatable bonds is 7. The fraction of sp³-hybridized carbons (Fsp3) is 0.312. The summed E-state index contributed by atoms with van der Waals surface area (Å²) in [6.07, 6.45) is 3.21. The summed E-state index contributed by atoms with van der Waals surface area (Å²) in [7, 11) is 0. The van der Waals surface area contributed by atoms with Gasteiger partial charge < -0.3 is 10.1 Å². The van der Waals surface area contributed by atoms with Crippen LogP contribution in [0.2, 0.25) is 0 Å². The van der Waals surface area contributed by atoms with E-state index in [1.807, 2.05) is 31.2 Å². The van der Waals surface area contributed by atoms with E-state index >= 15 is 0 Å². The number of amides is 1. The van der Waals surface area contributed by atoms with Crippen molar-refractivity contribution in [3.8, 4) is 5.75 Å². The standard InChI is InChI=1S/C16H19N3O3/c1-2-22-14-5-3-13(4-6-14)11-15(20)18-9-10-19-12-17-8-7-16(19)21/h3-8,12H,2,9-11H2,1H3,(H,18,20). The van der Waals surface area contributed by atoms with Crippen molar-refractivity contribution in [3.63, 3.8) is 0 Å². The van der Waals surface area contributed by atoms with Crippen molar-refractivity contribution in [1.82, 2.24) is 14.9 Å². The average molecular weight is 301 g/mol. The lowest BCUT2D eigenvalue weighted by Gasteiger charge is -2.08. The highest BCUT2D eigenvalue weighted by atomic mass is 16.5. The molecule has 0 atom stereocenters. The van der Waals surface area contributed by atoms with Gasteiger partial charge in [0.15, 0.2) is 0 Å². The topological polar surface area (TPSA) is 73.2 Å². The van der Waals surface area contributed by atoms with Crippen LogP contribution < -0.4 is 15.6 Å². The number of aromatic nitrogens is 2. The zero-order chi connectivity index (χ0) is 15.8. The predicted molar refractivity (Wildman–Crippen MR) is 82.8 cm³/mol. The molecule has 6 nitrogen and oxygen atoms in total. The molecule has 0 bridgehead atoms. The number of carbonyl (C=O) groups is 1. The number of hydrogen-bond acceptors (Lipinski definition) is 4. The molecule has 116 valence electrons. The fourth-order valence-electron chi connectivity index (χ4n) is 1.98. The smallest absolute Gasteiger partial charge is 0.253 e. The van der Waals surface area contributed by atoms with Crippen molar-refractivity contribution < 1.29 is 9.53 Å². The van der Waals surface area contributed by atoms with Crippen molar-refractivity contribution >= 4 is 5.91 Å². The van der Waals surface area contributed by atoms with Crippen LogP contribution in [0.25, 0.3) is 0 Å². The number of hydrogen-bond donors (Lipinski definition) is 1. The third kappa shape index (κ3) is 4.73. The summed E-state index contributed by atoms with van der Waals surface area (Å²) >= 11 is 0. The molecule has 1 aromatic heterocycles. The zero-order valence-electron chi connectivity index (χ0n) is 12.5. The van der Waals surface area contributed by atoms with E-state index in [2.05, 4.69) is 10.3 Å². The van der Waals surface area contributed by atoms with Gasteiger partial charge in [-0.3, -0.25) is 14.2 Å². The molecule has 1 aromatic carbocycles. The summed E-state index contributed by atoms with van der Waals surface area (Å²) in [6.45, 7) is 3.34. The lowest BCUT2D eigenvalue weighted by Crippen LogP contribution is -2.31. The Morgan fingerprint density at radius 1 is 1.27 bits per heavy atom. The molecular weight excluding hydrogens is 282 g/mol. The molecule has 1 amide bonds. The molecule has 0 aliphatic heterocycles. The first-order valence-corrected chi connectivity index (χ1v) is 7.18. The highest BCUT2D eigenvalue weighted by Crippen LogP contribution is 2.12. The SMILES string of the molecule is CCOc1ccc(CC(=O)NCCn2cnccc2=O)cc1. The molecular formula is C16H19N3O3. The molecule has 0 aliphatic rings. The second kappa shape index (κ2) is 7.97. The van der Waals surface area contributed by atoms with E-state index in [1.165, 1.54) is 23.2 Å². The molecule has 0 unspecified atom stereocenters. The maximum atomic E-state index is 11.9. The lowest BCUT2D eigenvalue weighted by molar-refractivity contribution is -0.120. The van der Waals surface area contributed by atoms with Crippen LogP contribution in [0.15, 0.2) is 47.7 Å². The zero-order valence-corrected chi connectivity index (χ0v) is 12.5. The second-order valence-electron chi connectivity index (χ2n) is 4.72. The molecule has 0 aliphatic carbocycles. The van der Waals surface area contributed by atoms with Gasteiger partial charge >= 0.3 is 0 Å². The Kier molecular flexibility index (Phi) is 5.71. The molecule has 22 heavy (non-hydrogen) atoms. The molecule has 2 rings (SSSR count). The van der Waals surface area contributed by atoms with E-state index in [0.717, 1.165) is 11.3 Å². The Labute approximate surface area is 128 Å². The van der Waals surface area contributed by atoms with Gasteiger partial charge in [0, 0.05) is 25.4 Å². The van der Waals surface area contributed by atoms with E-state index in [0.29, 0.717) is 26.1 Å². The Balaban J connectivity index is 1.78. The maximum Gasteiger partial charge on any atom is 0.253 e. The van der Waals surface area contributed by atoms with Crippen LogP contribution in [0.1, 0.15) is 12.5 Å². The number of benzene rings is 1.